The summed E-state index contributed by atoms with van der Waals surface area (Å²) in [6.07, 6.45) is 3.79. The first-order valence-corrected chi connectivity index (χ1v) is 9.86. The topological polar surface area (TPSA) is 68.3 Å². The molecule has 1 N–H and O–H groups in total. The van der Waals surface area contributed by atoms with E-state index in [0.29, 0.717) is 34.1 Å². The van der Waals surface area contributed by atoms with E-state index >= 15 is 0 Å². The number of anilines is 1. The van der Waals surface area contributed by atoms with E-state index in [-0.39, 0.29) is 11.4 Å². The molecule has 0 aliphatic carbocycles. The number of nitrogens with zero attached hydrogens (tertiary/aromatic N) is 1. The van der Waals surface area contributed by atoms with Crippen LogP contribution in [0.2, 0.25) is 5.02 Å². The van der Waals surface area contributed by atoms with Crippen molar-refractivity contribution in [3.8, 4) is 17.7 Å². The van der Waals surface area contributed by atoms with Gasteiger partial charge in [0.15, 0.2) is 0 Å². The summed E-state index contributed by atoms with van der Waals surface area (Å²) >= 11 is 5.90. The van der Waals surface area contributed by atoms with Gasteiger partial charge in [-0.25, -0.2) is 4.98 Å². The predicted octanol–water partition coefficient (Wildman–Crippen LogP) is 4.56. The van der Waals surface area contributed by atoms with Crippen molar-refractivity contribution in [1.82, 2.24) is 4.98 Å². The van der Waals surface area contributed by atoms with Gasteiger partial charge >= 0.3 is 0 Å². The summed E-state index contributed by atoms with van der Waals surface area (Å²) in [4.78, 5) is 29.6. The Bertz CT molecular complexity index is 1250. The number of rotatable bonds is 3. The number of pyridine rings is 1. The zero-order valence-electron chi connectivity index (χ0n) is 16.6. The van der Waals surface area contributed by atoms with E-state index in [9.17, 15) is 9.59 Å². The minimum atomic E-state index is -0.432. The number of benzene rings is 2. The third kappa shape index (κ3) is 4.66. The fourth-order valence-electron chi connectivity index (χ4n) is 3.10. The number of aromatic nitrogens is 1. The molecule has 6 heteroatoms. The molecule has 4 rings (SSSR count). The third-order valence-electron chi connectivity index (χ3n) is 4.71. The van der Waals surface area contributed by atoms with Crippen LogP contribution in [0.1, 0.15) is 27.0 Å². The molecular weight excluding hydrogens is 412 g/mol. The van der Waals surface area contributed by atoms with E-state index in [1.54, 1.807) is 67.9 Å². The number of carbonyl (C=O) groups excluding carboxylic acids is 2. The molecule has 0 atom stereocenters. The van der Waals surface area contributed by atoms with Crippen molar-refractivity contribution in [3.63, 3.8) is 0 Å². The van der Waals surface area contributed by atoms with Gasteiger partial charge < -0.3 is 10.1 Å². The molecule has 31 heavy (non-hydrogen) atoms. The van der Waals surface area contributed by atoms with Crippen molar-refractivity contribution in [1.29, 1.82) is 0 Å². The van der Waals surface area contributed by atoms with Gasteiger partial charge in [-0.1, -0.05) is 41.6 Å². The molecule has 152 valence electrons. The third-order valence-corrected chi connectivity index (χ3v) is 4.97. The van der Waals surface area contributed by atoms with E-state index in [0.717, 1.165) is 11.1 Å². The van der Waals surface area contributed by atoms with Crippen LogP contribution in [-0.2, 0) is 11.2 Å². The van der Waals surface area contributed by atoms with Crippen LogP contribution in [0.3, 0.4) is 0 Å². The van der Waals surface area contributed by atoms with Gasteiger partial charge in [0.25, 0.3) is 5.91 Å². The van der Waals surface area contributed by atoms with Crippen LogP contribution >= 0.6 is 11.6 Å². The van der Waals surface area contributed by atoms with E-state index in [2.05, 4.69) is 22.1 Å². The van der Waals surface area contributed by atoms with Gasteiger partial charge in [-0.2, -0.15) is 0 Å². The lowest BCUT2D eigenvalue weighted by molar-refractivity contribution is -0.112. The van der Waals surface area contributed by atoms with Crippen molar-refractivity contribution in [2.75, 3.05) is 12.4 Å². The molecule has 1 aromatic heterocycles. The molecule has 0 saturated heterocycles. The van der Waals surface area contributed by atoms with Gasteiger partial charge in [-0.05, 0) is 47.5 Å². The predicted molar refractivity (Wildman–Crippen MR) is 120 cm³/mol. The second kappa shape index (κ2) is 8.86. The first-order chi connectivity index (χ1) is 15.0. The fraction of sp³-hybridized carbons (Fsp3) is 0.0800. The Hall–Kier alpha value is -3.88. The normalized spacial score (nSPS) is 13.8. The van der Waals surface area contributed by atoms with Gasteiger partial charge in [-0.15, -0.1) is 0 Å². The highest BCUT2D eigenvalue weighted by Crippen LogP contribution is 2.27. The summed E-state index contributed by atoms with van der Waals surface area (Å²) in [6, 6.07) is 15.8. The van der Waals surface area contributed by atoms with Crippen molar-refractivity contribution < 1.29 is 14.3 Å². The summed E-state index contributed by atoms with van der Waals surface area (Å²) < 4.78 is 5.05. The molecule has 0 fully saturated rings. The monoisotopic (exact) mass is 428 g/mol. The Kier molecular flexibility index (Phi) is 5.83. The largest absolute Gasteiger partial charge is 0.481 e. The molecule has 0 radical (unpaired) electrons. The zero-order chi connectivity index (χ0) is 21.8. The second-order valence-electron chi connectivity index (χ2n) is 6.84. The number of fused-ring (bicyclic) bond motifs is 1. The Morgan fingerprint density at radius 3 is 2.61 bits per heavy atom. The second-order valence-corrected chi connectivity index (χ2v) is 7.28. The van der Waals surface area contributed by atoms with Crippen LogP contribution in [0.5, 0.6) is 5.88 Å². The number of halogens is 1. The smallest absolute Gasteiger partial charge is 0.259 e. The minimum Gasteiger partial charge on any atom is -0.481 e. The van der Waals surface area contributed by atoms with Gasteiger partial charge in [0.1, 0.15) is 0 Å². The number of amides is 1. The number of ether oxygens (including phenoxy) is 1. The van der Waals surface area contributed by atoms with E-state index in [1.807, 2.05) is 6.07 Å². The molecule has 0 saturated carbocycles. The highest BCUT2D eigenvalue weighted by atomic mass is 35.5. The van der Waals surface area contributed by atoms with Gasteiger partial charge in [0, 0.05) is 34.8 Å². The molecule has 3 aromatic rings. The number of methoxy groups -OCH3 is 1. The lowest BCUT2D eigenvalue weighted by Gasteiger charge is -2.18. The molecular formula is C25H17ClN2O3. The van der Waals surface area contributed by atoms with Crippen molar-refractivity contribution >= 4 is 35.1 Å². The summed E-state index contributed by atoms with van der Waals surface area (Å²) in [5.41, 5.74) is 3.34. The number of nitrogens with one attached hydrogen (secondary N) is 1. The molecule has 0 unspecified atom stereocenters. The standard InChI is InChI=1S/C25H17ClN2O3/c1-31-23-12-8-18(15-27-23)4-2-3-16-7-11-22-20(13-16)24(29)21(25(30)28-22)14-17-5-9-19(26)10-6-17/h5-15H,4H2,1H3,(H,28,30)/b21-14+. The van der Waals surface area contributed by atoms with Crippen LogP contribution in [0.25, 0.3) is 6.08 Å². The first-order valence-electron chi connectivity index (χ1n) is 9.48. The highest BCUT2D eigenvalue weighted by Gasteiger charge is 2.28. The van der Waals surface area contributed by atoms with Gasteiger partial charge in [0.05, 0.1) is 18.4 Å². The maximum atomic E-state index is 13.0. The van der Waals surface area contributed by atoms with Crippen LogP contribution in [0.15, 0.2) is 66.4 Å². The molecule has 1 amide bonds. The van der Waals surface area contributed by atoms with Crippen LogP contribution in [0.4, 0.5) is 5.69 Å². The quantitative estimate of drug-likeness (QED) is 0.377. The molecule has 0 spiro atoms. The Balaban J connectivity index is 1.57. The average molecular weight is 429 g/mol. The van der Waals surface area contributed by atoms with E-state index in [1.165, 1.54) is 0 Å². The van der Waals surface area contributed by atoms with Crippen molar-refractivity contribution in [2.45, 2.75) is 6.42 Å². The first kappa shape index (κ1) is 20.4. The summed E-state index contributed by atoms with van der Waals surface area (Å²) in [7, 11) is 1.57. The van der Waals surface area contributed by atoms with Gasteiger partial charge in [0.2, 0.25) is 11.7 Å². The van der Waals surface area contributed by atoms with Gasteiger partial charge in [-0.3, -0.25) is 9.59 Å². The number of ketones is 1. The molecule has 1 aliphatic rings. The zero-order valence-corrected chi connectivity index (χ0v) is 17.4. The minimum absolute atomic E-state index is 0.0734. The number of hydrogen-bond acceptors (Lipinski definition) is 4. The average Bonchev–Trinajstić information content (AvgIpc) is 2.79. The molecule has 0 bridgehead atoms. The van der Waals surface area contributed by atoms with Crippen LogP contribution < -0.4 is 10.1 Å². The van der Waals surface area contributed by atoms with E-state index in [4.69, 9.17) is 16.3 Å². The molecule has 2 heterocycles. The van der Waals surface area contributed by atoms with Crippen molar-refractivity contribution in [3.05, 3.63) is 93.6 Å². The number of hydrogen-bond donors (Lipinski definition) is 1. The lowest BCUT2D eigenvalue weighted by atomic mass is 9.94. The molecule has 1 aliphatic heterocycles. The Morgan fingerprint density at radius 2 is 1.90 bits per heavy atom. The SMILES string of the molecule is COc1ccc(CC#Cc2ccc3c(c2)C(=O)/C(=C\c2ccc(Cl)cc2)C(=O)N3)cn1. The number of carbonyl (C=O) groups is 2. The highest BCUT2D eigenvalue weighted by molar-refractivity contribution is 6.36. The van der Waals surface area contributed by atoms with Crippen LogP contribution in [0, 0.1) is 11.8 Å². The maximum Gasteiger partial charge on any atom is 0.259 e. The summed E-state index contributed by atoms with van der Waals surface area (Å²) in [5, 5.41) is 3.35. The summed E-state index contributed by atoms with van der Waals surface area (Å²) in [5.74, 6) is 5.93. The van der Waals surface area contributed by atoms with Crippen molar-refractivity contribution in [2.24, 2.45) is 0 Å². The lowest BCUT2D eigenvalue weighted by Crippen LogP contribution is -2.27. The van der Waals surface area contributed by atoms with E-state index < -0.39 is 5.91 Å². The Labute approximate surface area is 184 Å². The fourth-order valence-corrected chi connectivity index (χ4v) is 3.22. The summed E-state index contributed by atoms with van der Waals surface area (Å²) in [6.45, 7) is 0. The molecule has 2 aromatic carbocycles. The number of Topliss-reactive ketones (excluding diaryl/α,β-unsaturated/α-hetero) is 1. The van der Waals surface area contributed by atoms with Crippen LogP contribution in [-0.4, -0.2) is 23.8 Å². The maximum absolute atomic E-state index is 13.0. The Morgan fingerprint density at radius 1 is 1.10 bits per heavy atom. The molecule has 5 nitrogen and oxygen atoms in total.